The Hall–Kier alpha value is -1.10. The van der Waals surface area contributed by atoms with Crippen LogP contribution in [0, 0.1) is 0 Å². The van der Waals surface area contributed by atoms with E-state index in [1.165, 1.54) is 0 Å². The SMILES string of the molecule is C[C@@H]1CCC[N+]1(C(N)=O)C(=O)OC(C)(C)C. The molecule has 0 aromatic rings. The fraction of sp³-hybridized carbons (Fsp3) is 0.818. The summed E-state index contributed by atoms with van der Waals surface area (Å²) in [5, 5.41) is 0. The molecule has 16 heavy (non-hydrogen) atoms. The van der Waals surface area contributed by atoms with Crippen LogP contribution in [0.4, 0.5) is 9.59 Å². The number of hydrogen-bond donors (Lipinski definition) is 1. The monoisotopic (exact) mass is 229 g/mol. The maximum atomic E-state index is 12.1. The lowest BCUT2D eigenvalue weighted by Gasteiger charge is -2.32. The maximum Gasteiger partial charge on any atom is 0.525 e. The van der Waals surface area contributed by atoms with Crippen LogP contribution in [-0.2, 0) is 4.74 Å². The number of hydrogen-bond acceptors (Lipinski definition) is 3. The van der Waals surface area contributed by atoms with Crippen LogP contribution in [0.15, 0.2) is 0 Å². The van der Waals surface area contributed by atoms with E-state index in [-0.39, 0.29) is 10.5 Å². The van der Waals surface area contributed by atoms with Gasteiger partial charge in [-0.3, -0.25) is 0 Å². The largest absolute Gasteiger partial charge is 0.525 e. The van der Waals surface area contributed by atoms with Gasteiger partial charge in [-0.15, -0.1) is 4.48 Å². The summed E-state index contributed by atoms with van der Waals surface area (Å²) < 4.78 is 4.93. The number of amides is 3. The lowest BCUT2D eigenvalue weighted by atomic mass is 10.2. The minimum Gasteiger partial charge on any atom is -0.414 e. The van der Waals surface area contributed by atoms with Crippen LogP contribution < -0.4 is 5.73 Å². The van der Waals surface area contributed by atoms with Crippen LogP contribution in [0.2, 0.25) is 0 Å². The van der Waals surface area contributed by atoms with Crippen LogP contribution in [-0.4, -0.2) is 34.8 Å². The Balaban J connectivity index is 2.95. The Labute approximate surface area is 96.1 Å². The van der Waals surface area contributed by atoms with E-state index in [2.05, 4.69) is 0 Å². The van der Waals surface area contributed by atoms with Gasteiger partial charge in [0.15, 0.2) is 0 Å². The number of rotatable bonds is 0. The van der Waals surface area contributed by atoms with Crippen LogP contribution in [0.5, 0.6) is 0 Å². The highest BCUT2D eigenvalue weighted by atomic mass is 16.6. The summed E-state index contributed by atoms with van der Waals surface area (Å²) in [6.07, 6.45) is 1.12. The van der Waals surface area contributed by atoms with Crippen molar-refractivity contribution >= 4 is 12.1 Å². The number of nitrogens with two attached hydrogens (primary N) is 1. The van der Waals surface area contributed by atoms with Gasteiger partial charge in [-0.1, -0.05) is 0 Å². The van der Waals surface area contributed by atoms with Gasteiger partial charge in [0.05, 0.1) is 6.54 Å². The van der Waals surface area contributed by atoms with Crippen molar-refractivity contribution in [2.24, 2.45) is 5.73 Å². The number of imide groups is 1. The van der Waals surface area contributed by atoms with E-state index in [4.69, 9.17) is 10.5 Å². The average molecular weight is 229 g/mol. The molecule has 0 bridgehead atoms. The highest BCUT2D eigenvalue weighted by Gasteiger charge is 2.54. The number of ether oxygens (including phenoxy) is 1. The zero-order valence-corrected chi connectivity index (χ0v) is 10.4. The third-order valence-corrected chi connectivity index (χ3v) is 3.00. The fourth-order valence-corrected chi connectivity index (χ4v) is 2.11. The molecule has 92 valence electrons. The summed E-state index contributed by atoms with van der Waals surface area (Å²) in [6.45, 7) is 7.66. The molecule has 0 aliphatic carbocycles. The summed E-state index contributed by atoms with van der Waals surface area (Å²) in [5.41, 5.74) is 4.78. The van der Waals surface area contributed by atoms with Gasteiger partial charge in [-0.25, -0.2) is 4.79 Å². The van der Waals surface area contributed by atoms with E-state index >= 15 is 0 Å². The number of quaternary nitrogens is 1. The first-order valence-corrected chi connectivity index (χ1v) is 5.61. The molecule has 3 amide bonds. The van der Waals surface area contributed by atoms with Gasteiger partial charge < -0.3 is 10.5 Å². The summed E-state index contributed by atoms with van der Waals surface area (Å²) in [7, 11) is 0. The van der Waals surface area contributed by atoms with Crippen LogP contribution >= 0.6 is 0 Å². The van der Waals surface area contributed by atoms with Gasteiger partial charge in [0, 0.05) is 12.8 Å². The van der Waals surface area contributed by atoms with Gasteiger partial charge in [0.1, 0.15) is 11.6 Å². The highest BCUT2D eigenvalue weighted by molar-refractivity contribution is 5.79. The number of urea groups is 1. The minimum atomic E-state index is -0.612. The zero-order chi connectivity index (χ0) is 12.6. The van der Waals surface area contributed by atoms with E-state index in [1.54, 1.807) is 20.8 Å². The average Bonchev–Trinajstić information content (AvgIpc) is 2.44. The van der Waals surface area contributed by atoms with Crippen LogP contribution in [0.1, 0.15) is 40.5 Å². The van der Waals surface area contributed by atoms with Crippen LogP contribution in [0.25, 0.3) is 0 Å². The lowest BCUT2D eigenvalue weighted by Crippen LogP contribution is -2.62. The van der Waals surface area contributed by atoms with Crippen molar-refractivity contribution in [3.63, 3.8) is 0 Å². The van der Waals surface area contributed by atoms with Crippen molar-refractivity contribution in [2.45, 2.75) is 52.2 Å². The van der Waals surface area contributed by atoms with Gasteiger partial charge >= 0.3 is 12.1 Å². The van der Waals surface area contributed by atoms with Gasteiger partial charge in [0.25, 0.3) is 0 Å². The molecule has 1 aliphatic rings. The van der Waals surface area contributed by atoms with E-state index in [0.29, 0.717) is 6.54 Å². The minimum absolute atomic E-state index is 0.0904. The van der Waals surface area contributed by atoms with Crippen molar-refractivity contribution in [1.29, 1.82) is 0 Å². The van der Waals surface area contributed by atoms with Gasteiger partial charge in [-0.2, -0.15) is 4.79 Å². The van der Waals surface area contributed by atoms with E-state index in [0.717, 1.165) is 12.8 Å². The molecular weight excluding hydrogens is 208 g/mol. The Morgan fingerprint density at radius 2 is 1.94 bits per heavy atom. The first kappa shape index (κ1) is 13.0. The Bertz CT molecular complexity index is 309. The topological polar surface area (TPSA) is 69.4 Å². The van der Waals surface area contributed by atoms with Crippen molar-refractivity contribution in [2.75, 3.05) is 6.54 Å². The quantitative estimate of drug-likeness (QED) is 0.646. The zero-order valence-electron chi connectivity index (χ0n) is 10.4. The number of nitrogens with zero attached hydrogens (tertiary/aromatic N) is 1. The maximum absolute atomic E-state index is 12.1. The highest BCUT2D eigenvalue weighted by Crippen LogP contribution is 2.29. The molecule has 5 nitrogen and oxygen atoms in total. The van der Waals surface area contributed by atoms with E-state index < -0.39 is 17.7 Å². The summed E-state index contributed by atoms with van der Waals surface area (Å²) >= 11 is 0. The molecule has 5 heteroatoms. The first-order valence-electron chi connectivity index (χ1n) is 5.61. The molecule has 1 unspecified atom stereocenters. The lowest BCUT2D eigenvalue weighted by molar-refractivity contribution is -0.787. The van der Waals surface area contributed by atoms with E-state index in [9.17, 15) is 9.59 Å². The van der Waals surface area contributed by atoms with Crippen molar-refractivity contribution in [3.05, 3.63) is 0 Å². The molecular formula is C11H21N2O3+. The first-order chi connectivity index (χ1) is 7.20. The fourth-order valence-electron chi connectivity index (χ4n) is 2.11. The van der Waals surface area contributed by atoms with E-state index in [1.807, 2.05) is 6.92 Å². The number of primary amides is 1. The number of carbonyl (C=O) groups is 2. The molecule has 1 aliphatic heterocycles. The number of carbonyl (C=O) groups excluding carboxylic acids is 2. The second kappa shape index (κ2) is 4.05. The summed E-state index contributed by atoms with van der Waals surface area (Å²) in [6, 6.07) is -0.702. The van der Waals surface area contributed by atoms with Crippen molar-refractivity contribution < 1.29 is 18.8 Å². The summed E-state index contributed by atoms with van der Waals surface area (Å²) in [4.78, 5) is 23.6. The van der Waals surface area contributed by atoms with Gasteiger partial charge in [0.2, 0.25) is 0 Å². The normalized spacial score (nSPS) is 30.1. The smallest absolute Gasteiger partial charge is 0.414 e. The molecule has 1 saturated heterocycles. The molecule has 2 N–H and O–H groups in total. The van der Waals surface area contributed by atoms with Crippen molar-refractivity contribution in [3.8, 4) is 0 Å². The molecule has 0 radical (unpaired) electrons. The second-order valence-electron chi connectivity index (χ2n) is 5.40. The van der Waals surface area contributed by atoms with Crippen molar-refractivity contribution in [1.82, 2.24) is 0 Å². The molecule has 0 spiro atoms. The Morgan fingerprint density at radius 1 is 1.38 bits per heavy atom. The predicted molar refractivity (Wildman–Crippen MR) is 59.6 cm³/mol. The standard InChI is InChI=1S/C11H20N2O3/c1-8-6-5-7-13(8,9(12)14)10(15)16-11(2,3)4/h8H,5-7H2,1-4H3,(H-,12,14)/p+1/t8-,13?/m1/s1. The molecule has 2 atom stereocenters. The van der Waals surface area contributed by atoms with Gasteiger partial charge in [-0.05, 0) is 27.7 Å². The molecule has 0 aromatic heterocycles. The second-order valence-corrected chi connectivity index (χ2v) is 5.40. The molecule has 1 fully saturated rings. The van der Waals surface area contributed by atoms with Crippen LogP contribution in [0.3, 0.4) is 0 Å². The third-order valence-electron chi connectivity index (χ3n) is 3.00. The predicted octanol–water partition coefficient (Wildman–Crippen LogP) is 2.00. The third kappa shape index (κ3) is 2.19. The molecule has 1 rings (SSSR count). The molecule has 1 heterocycles. The molecule has 0 saturated carbocycles. The Morgan fingerprint density at radius 3 is 2.25 bits per heavy atom. The Kier molecular flexibility index (Phi) is 3.28. The molecule has 0 aromatic carbocycles. The summed E-state index contributed by atoms with van der Waals surface area (Å²) in [5.74, 6) is 0. The number of likely N-dealkylation sites (tertiary alicyclic amines) is 1.